The van der Waals surface area contributed by atoms with Crippen LogP contribution in [0, 0.1) is 5.92 Å². The van der Waals surface area contributed by atoms with Crippen LogP contribution in [0.1, 0.15) is 19.8 Å². The van der Waals surface area contributed by atoms with Gasteiger partial charge in [-0.15, -0.1) is 0 Å². The molecule has 1 aliphatic rings. The smallest absolute Gasteiger partial charge is 0.115 e. The Bertz CT molecular complexity index is 106. The second-order valence-electron chi connectivity index (χ2n) is 3.05. The Morgan fingerprint density at radius 1 is 1.20 bits per heavy atom. The lowest BCUT2D eigenvalue weighted by atomic mass is 9.88. The summed E-state index contributed by atoms with van der Waals surface area (Å²) >= 11 is 1.87. The van der Waals surface area contributed by atoms with Gasteiger partial charge in [-0.2, -0.15) is 0 Å². The lowest BCUT2D eigenvalue weighted by Gasteiger charge is -2.29. The van der Waals surface area contributed by atoms with E-state index in [-0.39, 0.29) is 5.92 Å². The Kier molecular flexibility index (Phi) is 2.89. The maximum atomic E-state index is 12.8. The molecule has 2 unspecified atom stereocenters. The van der Waals surface area contributed by atoms with E-state index < -0.39 is 16.3 Å². The van der Waals surface area contributed by atoms with Gasteiger partial charge in [0.2, 0.25) is 0 Å². The number of hydrogen-bond acceptors (Lipinski definition) is 0. The SMILES string of the molecule is CC1CC(F)C(I)C(F)C1. The van der Waals surface area contributed by atoms with E-state index in [0.29, 0.717) is 12.8 Å². The van der Waals surface area contributed by atoms with Gasteiger partial charge in [0.25, 0.3) is 0 Å². The molecule has 0 nitrogen and oxygen atoms in total. The molecular formula is C7H11F2I. The Labute approximate surface area is 73.5 Å². The monoisotopic (exact) mass is 260 g/mol. The van der Waals surface area contributed by atoms with Gasteiger partial charge < -0.3 is 0 Å². The summed E-state index contributed by atoms with van der Waals surface area (Å²) in [5.74, 6) is 0.219. The van der Waals surface area contributed by atoms with Crippen LogP contribution in [-0.2, 0) is 0 Å². The third-order valence-electron chi connectivity index (χ3n) is 1.95. The minimum atomic E-state index is -0.931. The summed E-state index contributed by atoms with van der Waals surface area (Å²) in [6.45, 7) is 1.90. The lowest BCUT2D eigenvalue weighted by molar-refractivity contribution is 0.139. The van der Waals surface area contributed by atoms with E-state index in [4.69, 9.17) is 0 Å². The van der Waals surface area contributed by atoms with Gasteiger partial charge in [-0.25, -0.2) is 8.78 Å². The molecule has 0 aromatic heterocycles. The van der Waals surface area contributed by atoms with Crippen molar-refractivity contribution in [3.05, 3.63) is 0 Å². The molecule has 0 aliphatic heterocycles. The Balaban J connectivity index is 2.49. The van der Waals surface area contributed by atoms with Crippen molar-refractivity contribution >= 4 is 22.6 Å². The summed E-state index contributed by atoms with van der Waals surface area (Å²) in [6, 6.07) is 0. The topological polar surface area (TPSA) is 0 Å². The van der Waals surface area contributed by atoms with Gasteiger partial charge in [0.1, 0.15) is 12.3 Å². The molecule has 1 fully saturated rings. The van der Waals surface area contributed by atoms with Gasteiger partial charge in [-0.1, -0.05) is 29.5 Å². The van der Waals surface area contributed by atoms with Gasteiger partial charge >= 0.3 is 0 Å². The van der Waals surface area contributed by atoms with Gasteiger partial charge in [0.15, 0.2) is 0 Å². The summed E-state index contributed by atoms with van der Waals surface area (Å²) in [7, 11) is 0. The second kappa shape index (κ2) is 3.32. The summed E-state index contributed by atoms with van der Waals surface area (Å²) in [6.07, 6.45) is -0.791. The highest BCUT2D eigenvalue weighted by atomic mass is 127. The van der Waals surface area contributed by atoms with E-state index in [1.807, 2.05) is 29.5 Å². The van der Waals surface area contributed by atoms with Crippen LogP contribution in [0.15, 0.2) is 0 Å². The summed E-state index contributed by atoms with van der Waals surface area (Å²) in [5, 5.41) is 0. The van der Waals surface area contributed by atoms with E-state index in [1.54, 1.807) is 0 Å². The van der Waals surface area contributed by atoms with Crippen LogP contribution in [0.25, 0.3) is 0 Å². The number of halogens is 3. The van der Waals surface area contributed by atoms with Crippen molar-refractivity contribution in [3.63, 3.8) is 0 Å². The fourth-order valence-corrected chi connectivity index (χ4v) is 1.94. The molecule has 2 atom stereocenters. The molecule has 0 bridgehead atoms. The Hall–Kier alpha value is 0.590. The average Bonchev–Trinajstić information content (AvgIpc) is 1.82. The number of rotatable bonds is 0. The van der Waals surface area contributed by atoms with E-state index in [0.717, 1.165) is 0 Å². The largest absolute Gasteiger partial charge is 0.246 e. The minimum absolute atomic E-state index is 0.219. The van der Waals surface area contributed by atoms with Crippen molar-refractivity contribution in [1.29, 1.82) is 0 Å². The predicted octanol–water partition coefficient (Wildman–Crippen LogP) is 2.90. The molecule has 0 saturated heterocycles. The minimum Gasteiger partial charge on any atom is -0.246 e. The van der Waals surface area contributed by atoms with Crippen molar-refractivity contribution in [1.82, 2.24) is 0 Å². The van der Waals surface area contributed by atoms with Crippen molar-refractivity contribution < 1.29 is 8.78 Å². The van der Waals surface area contributed by atoms with E-state index in [1.165, 1.54) is 0 Å². The molecule has 10 heavy (non-hydrogen) atoms. The van der Waals surface area contributed by atoms with Crippen LogP contribution in [0.3, 0.4) is 0 Å². The fraction of sp³-hybridized carbons (Fsp3) is 1.00. The first-order valence-electron chi connectivity index (χ1n) is 3.53. The molecule has 0 aromatic rings. The highest BCUT2D eigenvalue weighted by molar-refractivity contribution is 14.1. The molecule has 0 radical (unpaired) electrons. The van der Waals surface area contributed by atoms with Crippen LogP contribution in [0.4, 0.5) is 8.78 Å². The van der Waals surface area contributed by atoms with Gasteiger partial charge in [-0.05, 0) is 18.8 Å². The number of alkyl halides is 3. The first-order chi connectivity index (χ1) is 4.61. The Morgan fingerprint density at radius 2 is 1.60 bits per heavy atom. The highest BCUT2D eigenvalue weighted by Gasteiger charge is 2.34. The van der Waals surface area contributed by atoms with Crippen LogP contribution < -0.4 is 0 Å². The van der Waals surface area contributed by atoms with E-state index in [9.17, 15) is 8.78 Å². The van der Waals surface area contributed by atoms with E-state index >= 15 is 0 Å². The van der Waals surface area contributed by atoms with Crippen LogP contribution in [0.2, 0.25) is 0 Å². The third kappa shape index (κ3) is 1.80. The second-order valence-corrected chi connectivity index (χ2v) is 4.49. The third-order valence-corrected chi connectivity index (χ3v) is 3.51. The molecule has 60 valence electrons. The van der Waals surface area contributed by atoms with Gasteiger partial charge in [-0.3, -0.25) is 0 Å². The first-order valence-corrected chi connectivity index (χ1v) is 4.78. The van der Waals surface area contributed by atoms with Crippen molar-refractivity contribution in [2.24, 2.45) is 5.92 Å². The zero-order valence-corrected chi connectivity index (χ0v) is 8.02. The molecule has 0 aromatic carbocycles. The van der Waals surface area contributed by atoms with Gasteiger partial charge in [0.05, 0.1) is 3.92 Å². The zero-order chi connectivity index (χ0) is 7.72. The summed E-state index contributed by atoms with van der Waals surface area (Å²) < 4.78 is 25.3. The molecule has 0 N–H and O–H groups in total. The number of hydrogen-bond donors (Lipinski definition) is 0. The lowest BCUT2D eigenvalue weighted by Crippen LogP contribution is -2.34. The Morgan fingerprint density at radius 3 is 2.00 bits per heavy atom. The fourth-order valence-electron chi connectivity index (χ4n) is 1.35. The molecule has 1 saturated carbocycles. The normalized spacial score (nSPS) is 49.2. The van der Waals surface area contributed by atoms with Gasteiger partial charge in [0, 0.05) is 0 Å². The predicted molar refractivity (Wildman–Crippen MR) is 46.0 cm³/mol. The quantitative estimate of drug-likeness (QED) is 0.464. The average molecular weight is 260 g/mol. The molecular weight excluding hydrogens is 249 g/mol. The molecule has 0 heterocycles. The van der Waals surface area contributed by atoms with Crippen molar-refractivity contribution in [2.45, 2.75) is 36.0 Å². The van der Waals surface area contributed by atoms with E-state index in [2.05, 4.69) is 0 Å². The van der Waals surface area contributed by atoms with Crippen LogP contribution in [-0.4, -0.2) is 16.3 Å². The van der Waals surface area contributed by atoms with Crippen molar-refractivity contribution in [3.8, 4) is 0 Å². The highest BCUT2D eigenvalue weighted by Crippen LogP contribution is 2.33. The summed E-state index contributed by atoms with van der Waals surface area (Å²) in [4.78, 5) is 0. The molecule has 0 amide bonds. The maximum absolute atomic E-state index is 12.8. The standard InChI is InChI=1S/C7H11F2I/c1-4-2-5(8)7(10)6(9)3-4/h4-7H,2-3H2,1H3. The van der Waals surface area contributed by atoms with Crippen LogP contribution in [0.5, 0.6) is 0 Å². The van der Waals surface area contributed by atoms with Crippen molar-refractivity contribution in [2.75, 3.05) is 0 Å². The van der Waals surface area contributed by atoms with Crippen LogP contribution >= 0.6 is 22.6 Å². The molecule has 0 spiro atoms. The molecule has 1 rings (SSSR count). The summed E-state index contributed by atoms with van der Waals surface area (Å²) in [5.41, 5.74) is 0. The maximum Gasteiger partial charge on any atom is 0.115 e. The molecule has 1 aliphatic carbocycles. The zero-order valence-electron chi connectivity index (χ0n) is 5.86. The molecule has 3 heteroatoms. The first kappa shape index (κ1) is 8.68.